The SMILES string of the molecule is Cc1cc2c(OCc3ccccc3)cc3c(c2s1)[C@@H](CCl)CN3C(=O)O. The fourth-order valence-corrected chi connectivity index (χ4v) is 4.88. The Labute approximate surface area is 160 Å². The summed E-state index contributed by atoms with van der Waals surface area (Å²) in [6, 6.07) is 13.9. The molecular weight excluding hydrogens is 370 g/mol. The maximum atomic E-state index is 11.7. The first-order valence-electron chi connectivity index (χ1n) is 8.38. The van der Waals surface area contributed by atoms with E-state index in [-0.39, 0.29) is 5.92 Å². The van der Waals surface area contributed by atoms with Crippen molar-refractivity contribution in [1.82, 2.24) is 0 Å². The first kappa shape index (κ1) is 17.2. The van der Waals surface area contributed by atoms with E-state index in [1.807, 2.05) is 36.4 Å². The zero-order chi connectivity index (χ0) is 18.3. The van der Waals surface area contributed by atoms with Crippen molar-refractivity contribution in [2.75, 3.05) is 17.3 Å². The van der Waals surface area contributed by atoms with Crippen LogP contribution in [-0.2, 0) is 6.61 Å². The summed E-state index contributed by atoms with van der Waals surface area (Å²) in [5.41, 5.74) is 2.80. The largest absolute Gasteiger partial charge is 0.488 e. The number of ether oxygens (including phenoxy) is 1. The number of rotatable bonds is 4. The van der Waals surface area contributed by atoms with Gasteiger partial charge in [-0.15, -0.1) is 22.9 Å². The van der Waals surface area contributed by atoms with Crippen LogP contribution in [-0.4, -0.2) is 23.6 Å². The highest BCUT2D eigenvalue weighted by atomic mass is 35.5. The number of carbonyl (C=O) groups is 1. The Morgan fingerprint density at radius 2 is 2.12 bits per heavy atom. The third-order valence-electron chi connectivity index (χ3n) is 4.67. The summed E-state index contributed by atoms with van der Waals surface area (Å²) in [5.74, 6) is 1.12. The lowest BCUT2D eigenvalue weighted by atomic mass is 10.0. The molecule has 0 saturated carbocycles. The van der Waals surface area contributed by atoms with Gasteiger partial charge in [-0.25, -0.2) is 4.79 Å². The van der Waals surface area contributed by atoms with Gasteiger partial charge in [-0.1, -0.05) is 30.3 Å². The minimum Gasteiger partial charge on any atom is -0.488 e. The Hall–Kier alpha value is -2.24. The molecular formula is C20H18ClNO3S. The molecule has 1 aromatic heterocycles. The second kappa shape index (κ2) is 6.82. The van der Waals surface area contributed by atoms with Crippen molar-refractivity contribution in [3.8, 4) is 5.75 Å². The average Bonchev–Trinajstić information content (AvgIpc) is 3.20. The van der Waals surface area contributed by atoms with E-state index in [9.17, 15) is 9.90 Å². The number of thiophene rings is 1. The summed E-state index contributed by atoms with van der Waals surface area (Å²) in [4.78, 5) is 14.3. The molecule has 26 heavy (non-hydrogen) atoms. The predicted molar refractivity (Wildman–Crippen MR) is 106 cm³/mol. The van der Waals surface area contributed by atoms with Crippen molar-refractivity contribution in [1.29, 1.82) is 0 Å². The highest BCUT2D eigenvalue weighted by molar-refractivity contribution is 7.19. The lowest BCUT2D eigenvalue weighted by molar-refractivity contribution is 0.202. The molecule has 1 N–H and O–H groups in total. The molecule has 6 heteroatoms. The first-order chi connectivity index (χ1) is 12.6. The number of hydrogen-bond acceptors (Lipinski definition) is 3. The highest BCUT2D eigenvalue weighted by Gasteiger charge is 2.35. The van der Waals surface area contributed by atoms with E-state index in [1.54, 1.807) is 11.3 Å². The van der Waals surface area contributed by atoms with E-state index < -0.39 is 6.09 Å². The van der Waals surface area contributed by atoms with E-state index in [1.165, 1.54) is 9.78 Å². The van der Waals surface area contributed by atoms with Crippen molar-refractivity contribution < 1.29 is 14.6 Å². The van der Waals surface area contributed by atoms with Gasteiger partial charge < -0.3 is 9.84 Å². The molecule has 4 rings (SSSR count). The van der Waals surface area contributed by atoms with Crippen LogP contribution in [0, 0.1) is 6.92 Å². The van der Waals surface area contributed by atoms with Gasteiger partial charge in [-0.2, -0.15) is 0 Å². The van der Waals surface area contributed by atoms with E-state index in [0.717, 1.165) is 21.2 Å². The molecule has 4 nitrogen and oxygen atoms in total. The molecule has 0 bridgehead atoms. The number of halogens is 1. The monoisotopic (exact) mass is 387 g/mol. The molecule has 0 spiro atoms. The molecule has 0 aliphatic carbocycles. The molecule has 0 radical (unpaired) electrons. The molecule has 134 valence electrons. The fourth-order valence-electron chi connectivity index (χ4n) is 3.48. The summed E-state index contributed by atoms with van der Waals surface area (Å²) in [6.07, 6.45) is -0.958. The Bertz CT molecular complexity index is 970. The first-order valence-corrected chi connectivity index (χ1v) is 9.73. The van der Waals surface area contributed by atoms with Crippen LogP contribution in [0.2, 0.25) is 0 Å². The topological polar surface area (TPSA) is 49.8 Å². The lowest BCUT2D eigenvalue weighted by Crippen LogP contribution is -2.28. The normalized spacial score (nSPS) is 16.1. The van der Waals surface area contributed by atoms with Crippen LogP contribution in [0.25, 0.3) is 10.1 Å². The van der Waals surface area contributed by atoms with Crippen LogP contribution < -0.4 is 9.64 Å². The van der Waals surface area contributed by atoms with Crippen LogP contribution in [0.1, 0.15) is 21.9 Å². The molecule has 1 atom stereocenters. The summed E-state index contributed by atoms with van der Waals surface area (Å²) < 4.78 is 7.18. The van der Waals surface area contributed by atoms with Crippen LogP contribution >= 0.6 is 22.9 Å². The van der Waals surface area contributed by atoms with Crippen LogP contribution in [0.4, 0.5) is 10.5 Å². The van der Waals surface area contributed by atoms with Gasteiger partial charge in [0.15, 0.2) is 0 Å². The molecule has 3 aromatic rings. The van der Waals surface area contributed by atoms with Crippen molar-refractivity contribution >= 4 is 44.8 Å². The molecule has 0 saturated heterocycles. The van der Waals surface area contributed by atoms with Crippen molar-refractivity contribution in [3.63, 3.8) is 0 Å². The van der Waals surface area contributed by atoms with Crippen molar-refractivity contribution in [3.05, 3.63) is 58.5 Å². The third-order valence-corrected chi connectivity index (χ3v) is 6.12. The second-order valence-corrected chi connectivity index (χ2v) is 7.99. The van der Waals surface area contributed by atoms with E-state index in [2.05, 4.69) is 13.0 Å². The third kappa shape index (κ3) is 2.91. The molecule has 2 aromatic carbocycles. The van der Waals surface area contributed by atoms with Crippen molar-refractivity contribution in [2.45, 2.75) is 19.4 Å². The minimum absolute atomic E-state index is 0.00601. The van der Waals surface area contributed by atoms with Crippen LogP contribution in [0.15, 0.2) is 42.5 Å². The molecule has 1 aliphatic heterocycles. The predicted octanol–water partition coefficient (Wildman–Crippen LogP) is 5.61. The zero-order valence-electron chi connectivity index (χ0n) is 14.2. The average molecular weight is 388 g/mol. The van der Waals surface area contributed by atoms with Crippen molar-refractivity contribution in [2.24, 2.45) is 0 Å². The van der Waals surface area contributed by atoms with Gasteiger partial charge >= 0.3 is 6.09 Å². The molecule has 0 fully saturated rings. The summed E-state index contributed by atoms with van der Waals surface area (Å²) in [5, 5.41) is 10.6. The van der Waals surface area contributed by atoms with Gasteiger partial charge in [0.1, 0.15) is 12.4 Å². The maximum Gasteiger partial charge on any atom is 0.411 e. The number of hydrogen-bond donors (Lipinski definition) is 1. The Morgan fingerprint density at radius 3 is 2.81 bits per heavy atom. The number of alkyl halides is 1. The second-order valence-electron chi connectivity index (χ2n) is 6.43. The molecule has 2 heterocycles. The number of benzene rings is 2. The summed E-state index contributed by atoms with van der Waals surface area (Å²) in [7, 11) is 0. The smallest absolute Gasteiger partial charge is 0.411 e. The molecule has 0 unspecified atom stereocenters. The maximum absolute atomic E-state index is 11.7. The number of anilines is 1. The van der Waals surface area contributed by atoms with E-state index >= 15 is 0 Å². The van der Waals surface area contributed by atoms with Gasteiger partial charge in [0.2, 0.25) is 0 Å². The Kier molecular flexibility index (Phi) is 4.51. The number of nitrogens with zero attached hydrogens (tertiary/aromatic N) is 1. The standard InChI is InChI=1S/C20H18ClNO3S/c1-12-7-15-17(25-11-13-5-3-2-4-6-13)8-16-18(19(15)26-12)14(9-21)10-22(16)20(23)24/h2-8,14H,9-11H2,1H3,(H,23,24)/t14-/m0/s1. The van der Waals surface area contributed by atoms with Crippen LogP contribution in [0.5, 0.6) is 5.75 Å². The van der Waals surface area contributed by atoms with Gasteiger partial charge in [-0.05, 0) is 18.6 Å². The Morgan fingerprint density at radius 1 is 1.35 bits per heavy atom. The van der Waals surface area contributed by atoms with E-state index in [4.69, 9.17) is 16.3 Å². The fraction of sp³-hybridized carbons (Fsp3) is 0.250. The number of carboxylic acid groups (broad SMARTS) is 1. The molecule has 1 aliphatic rings. The van der Waals surface area contributed by atoms with Crippen LogP contribution in [0.3, 0.4) is 0 Å². The quantitative estimate of drug-likeness (QED) is 0.592. The zero-order valence-corrected chi connectivity index (χ0v) is 15.8. The van der Waals surface area contributed by atoms with Gasteiger partial charge in [-0.3, -0.25) is 4.90 Å². The number of fused-ring (bicyclic) bond motifs is 3. The van der Waals surface area contributed by atoms with Gasteiger partial charge in [0.05, 0.1) is 5.69 Å². The lowest BCUT2D eigenvalue weighted by Gasteiger charge is -2.15. The minimum atomic E-state index is -0.958. The highest BCUT2D eigenvalue weighted by Crippen LogP contribution is 2.48. The molecule has 1 amide bonds. The van der Waals surface area contributed by atoms with Gasteiger partial charge in [0.25, 0.3) is 0 Å². The number of amides is 1. The van der Waals surface area contributed by atoms with Gasteiger partial charge in [0, 0.05) is 44.9 Å². The van der Waals surface area contributed by atoms with E-state index in [0.29, 0.717) is 30.5 Å². The Balaban J connectivity index is 1.81. The summed E-state index contributed by atoms with van der Waals surface area (Å²) in [6.45, 7) is 2.88. The number of aryl methyl sites for hydroxylation is 1. The summed E-state index contributed by atoms with van der Waals surface area (Å²) >= 11 is 7.82.